The van der Waals surface area contributed by atoms with Gasteiger partial charge in [-0.15, -0.1) is 11.3 Å². The van der Waals surface area contributed by atoms with Crippen molar-refractivity contribution in [3.05, 3.63) is 68.4 Å². The number of H-pyrrole nitrogens is 1. The Bertz CT molecular complexity index is 993. The van der Waals surface area contributed by atoms with Crippen LogP contribution >= 0.6 is 23.1 Å². The molecule has 1 aliphatic heterocycles. The number of nitrogens with zero attached hydrogens (tertiary/aromatic N) is 2. The Balaban J connectivity index is 1.51. The van der Waals surface area contributed by atoms with E-state index in [9.17, 15) is 4.79 Å². The van der Waals surface area contributed by atoms with Crippen molar-refractivity contribution in [1.82, 2.24) is 14.9 Å². The fourth-order valence-corrected chi connectivity index (χ4v) is 4.90. The van der Waals surface area contributed by atoms with Crippen LogP contribution < -0.4 is 5.56 Å². The largest absolute Gasteiger partial charge is 0.301 e. The number of hydrogen-bond donors (Lipinski definition) is 1. The minimum atomic E-state index is 0.0100. The predicted molar refractivity (Wildman–Crippen MR) is 109 cm³/mol. The molecule has 3 aromatic rings. The second-order valence-electron chi connectivity index (χ2n) is 6.54. The normalized spacial score (nSPS) is 14.4. The summed E-state index contributed by atoms with van der Waals surface area (Å²) in [6.07, 6.45) is 2.77. The molecule has 0 spiro atoms. The van der Waals surface area contributed by atoms with Crippen molar-refractivity contribution in [1.29, 1.82) is 0 Å². The number of aromatic nitrogens is 2. The summed E-state index contributed by atoms with van der Waals surface area (Å²) in [5.74, 6) is 0. The summed E-state index contributed by atoms with van der Waals surface area (Å²) in [5.41, 5.74) is 4.40. The number of thioether (sulfide) groups is 1. The van der Waals surface area contributed by atoms with E-state index in [0.717, 1.165) is 30.8 Å². The van der Waals surface area contributed by atoms with Crippen LogP contribution in [0.1, 0.15) is 21.7 Å². The Labute approximate surface area is 161 Å². The molecule has 0 saturated carbocycles. The third kappa shape index (κ3) is 3.49. The van der Waals surface area contributed by atoms with Crippen molar-refractivity contribution in [2.45, 2.75) is 31.6 Å². The summed E-state index contributed by atoms with van der Waals surface area (Å²) in [4.78, 5) is 24.8. The van der Waals surface area contributed by atoms with E-state index in [2.05, 4.69) is 58.2 Å². The van der Waals surface area contributed by atoms with Crippen molar-refractivity contribution in [2.75, 3.05) is 12.8 Å². The molecular formula is C20H21N3OS2. The van der Waals surface area contributed by atoms with E-state index >= 15 is 0 Å². The smallest absolute Gasteiger partial charge is 0.256 e. The second kappa shape index (κ2) is 7.39. The van der Waals surface area contributed by atoms with Crippen LogP contribution in [0.4, 0.5) is 0 Å². The zero-order chi connectivity index (χ0) is 18.1. The molecule has 0 aliphatic carbocycles. The molecule has 2 aromatic heterocycles. The molecule has 1 aromatic carbocycles. The Morgan fingerprint density at radius 2 is 2.12 bits per heavy atom. The number of aromatic amines is 1. The highest BCUT2D eigenvalue weighted by molar-refractivity contribution is 7.98. The number of fused-ring (bicyclic) bond motifs is 1. The van der Waals surface area contributed by atoms with Crippen LogP contribution in [0.25, 0.3) is 10.4 Å². The summed E-state index contributed by atoms with van der Waals surface area (Å²) in [6, 6.07) is 12.9. The van der Waals surface area contributed by atoms with E-state index in [1.165, 1.54) is 32.6 Å². The topological polar surface area (TPSA) is 49.0 Å². The van der Waals surface area contributed by atoms with Gasteiger partial charge < -0.3 is 4.98 Å². The monoisotopic (exact) mass is 383 g/mol. The van der Waals surface area contributed by atoms with Crippen LogP contribution in [0.15, 0.2) is 46.3 Å². The van der Waals surface area contributed by atoms with Gasteiger partial charge in [-0.25, -0.2) is 4.98 Å². The first kappa shape index (κ1) is 17.5. The molecule has 3 heterocycles. The van der Waals surface area contributed by atoms with Crippen LogP contribution in [0.3, 0.4) is 0 Å². The lowest BCUT2D eigenvalue weighted by Crippen LogP contribution is -2.35. The summed E-state index contributed by atoms with van der Waals surface area (Å²) in [6.45, 7) is 4.64. The molecular weight excluding hydrogens is 362 g/mol. The number of aryl methyl sites for hydroxylation is 1. The lowest BCUT2D eigenvalue weighted by molar-refractivity contribution is 0.243. The molecule has 0 radical (unpaired) electrons. The average Bonchev–Trinajstić information content (AvgIpc) is 3.10. The Hall–Kier alpha value is -1.89. The molecule has 6 heteroatoms. The van der Waals surface area contributed by atoms with Gasteiger partial charge >= 0.3 is 0 Å². The molecule has 4 rings (SSSR count). The number of rotatable bonds is 4. The van der Waals surface area contributed by atoms with Gasteiger partial charge in [0.1, 0.15) is 0 Å². The molecule has 0 fully saturated rings. The standard InChI is InChI=1S/C20H21N3OS2/c1-13-5-3-4-6-15(13)18-8-7-14(26-18)11-23-10-9-17-16(12-23)19(24)22-20(21-17)25-2/h3-8H,9-12H2,1-2H3,(H,21,22,24). The van der Waals surface area contributed by atoms with E-state index < -0.39 is 0 Å². The molecule has 0 unspecified atom stereocenters. The van der Waals surface area contributed by atoms with Crippen LogP contribution in [-0.4, -0.2) is 27.7 Å². The minimum absolute atomic E-state index is 0.0100. The van der Waals surface area contributed by atoms with Crippen molar-refractivity contribution in [3.63, 3.8) is 0 Å². The van der Waals surface area contributed by atoms with Gasteiger partial charge in [-0.1, -0.05) is 36.0 Å². The summed E-state index contributed by atoms with van der Waals surface area (Å²) < 4.78 is 0. The van der Waals surface area contributed by atoms with Gasteiger partial charge in [0, 0.05) is 35.8 Å². The fraction of sp³-hybridized carbons (Fsp3) is 0.300. The van der Waals surface area contributed by atoms with Gasteiger partial charge in [0.05, 0.1) is 11.3 Å². The van der Waals surface area contributed by atoms with E-state index in [1.54, 1.807) is 0 Å². The molecule has 0 atom stereocenters. The Kier molecular flexibility index (Phi) is 4.98. The second-order valence-corrected chi connectivity index (χ2v) is 8.51. The van der Waals surface area contributed by atoms with Crippen molar-refractivity contribution in [3.8, 4) is 10.4 Å². The molecule has 4 nitrogen and oxygen atoms in total. The van der Waals surface area contributed by atoms with E-state index in [0.29, 0.717) is 11.7 Å². The maximum Gasteiger partial charge on any atom is 0.256 e. The number of nitrogens with one attached hydrogen (secondary N) is 1. The Morgan fingerprint density at radius 3 is 2.92 bits per heavy atom. The molecule has 1 N–H and O–H groups in total. The van der Waals surface area contributed by atoms with E-state index in [4.69, 9.17) is 0 Å². The van der Waals surface area contributed by atoms with Crippen molar-refractivity contribution < 1.29 is 0 Å². The van der Waals surface area contributed by atoms with Gasteiger partial charge in [-0.3, -0.25) is 9.69 Å². The number of thiophene rings is 1. The highest BCUT2D eigenvalue weighted by atomic mass is 32.2. The first-order chi connectivity index (χ1) is 12.6. The van der Waals surface area contributed by atoms with Crippen molar-refractivity contribution >= 4 is 23.1 Å². The van der Waals surface area contributed by atoms with Gasteiger partial charge in [0.2, 0.25) is 0 Å². The van der Waals surface area contributed by atoms with Crippen LogP contribution in [0.2, 0.25) is 0 Å². The summed E-state index contributed by atoms with van der Waals surface area (Å²) in [7, 11) is 0. The zero-order valence-corrected chi connectivity index (χ0v) is 16.5. The SMILES string of the molecule is CSc1nc2c(c(=O)[nH]1)CN(Cc1ccc(-c3ccccc3C)s1)CC2. The molecule has 26 heavy (non-hydrogen) atoms. The predicted octanol–water partition coefficient (Wildman–Crippen LogP) is 4.09. The van der Waals surface area contributed by atoms with Gasteiger partial charge in [0.15, 0.2) is 5.16 Å². The summed E-state index contributed by atoms with van der Waals surface area (Å²) >= 11 is 3.32. The number of hydrogen-bond acceptors (Lipinski definition) is 5. The van der Waals surface area contributed by atoms with E-state index in [1.807, 2.05) is 17.6 Å². The zero-order valence-electron chi connectivity index (χ0n) is 14.9. The van der Waals surface area contributed by atoms with Crippen LogP contribution in [0.5, 0.6) is 0 Å². The molecule has 1 aliphatic rings. The van der Waals surface area contributed by atoms with Gasteiger partial charge in [0.25, 0.3) is 5.56 Å². The molecule has 134 valence electrons. The first-order valence-corrected chi connectivity index (χ1v) is 10.7. The maximum absolute atomic E-state index is 12.3. The van der Waals surface area contributed by atoms with E-state index in [-0.39, 0.29) is 5.56 Å². The van der Waals surface area contributed by atoms with Gasteiger partial charge in [-0.2, -0.15) is 0 Å². The van der Waals surface area contributed by atoms with Crippen molar-refractivity contribution in [2.24, 2.45) is 0 Å². The highest BCUT2D eigenvalue weighted by Gasteiger charge is 2.21. The first-order valence-electron chi connectivity index (χ1n) is 8.67. The van der Waals surface area contributed by atoms with Crippen LogP contribution in [-0.2, 0) is 19.5 Å². The maximum atomic E-state index is 12.3. The fourth-order valence-electron chi connectivity index (χ4n) is 3.37. The average molecular weight is 384 g/mol. The third-order valence-electron chi connectivity index (χ3n) is 4.77. The van der Waals surface area contributed by atoms with Crippen LogP contribution in [0, 0.1) is 6.92 Å². The number of benzene rings is 1. The molecule has 0 saturated heterocycles. The lowest BCUT2D eigenvalue weighted by atomic mass is 10.1. The van der Waals surface area contributed by atoms with Gasteiger partial charge in [-0.05, 0) is 36.4 Å². The molecule has 0 bridgehead atoms. The lowest BCUT2D eigenvalue weighted by Gasteiger charge is -2.27. The Morgan fingerprint density at radius 1 is 1.27 bits per heavy atom. The molecule has 0 amide bonds. The minimum Gasteiger partial charge on any atom is -0.301 e. The summed E-state index contributed by atoms with van der Waals surface area (Å²) in [5, 5.41) is 0.711. The quantitative estimate of drug-likeness (QED) is 0.545. The third-order valence-corrected chi connectivity index (χ3v) is 6.45. The highest BCUT2D eigenvalue weighted by Crippen LogP contribution is 2.31.